The van der Waals surface area contributed by atoms with E-state index >= 15 is 0 Å². The molecule has 0 saturated heterocycles. The molecular formula is C17H24ClNO2. The van der Waals surface area contributed by atoms with Gasteiger partial charge in [0.15, 0.2) is 0 Å². The quantitative estimate of drug-likeness (QED) is 0.785. The van der Waals surface area contributed by atoms with Crippen molar-refractivity contribution in [2.75, 3.05) is 33.4 Å². The highest BCUT2D eigenvalue weighted by Gasteiger charge is 2.37. The molecule has 0 spiro atoms. The van der Waals surface area contributed by atoms with Crippen molar-refractivity contribution < 1.29 is 9.47 Å². The topological polar surface area (TPSA) is 30.5 Å². The van der Waals surface area contributed by atoms with Crippen molar-refractivity contribution >= 4 is 11.6 Å². The van der Waals surface area contributed by atoms with Crippen molar-refractivity contribution in [3.05, 3.63) is 28.3 Å². The largest absolute Gasteiger partial charge is 0.493 e. The van der Waals surface area contributed by atoms with E-state index in [1.807, 2.05) is 0 Å². The van der Waals surface area contributed by atoms with Crippen molar-refractivity contribution in [1.82, 2.24) is 5.32 Å². The molecule has 1 aromatic carbocycles. The van der Waals surface area contributed by atoms with E-state index in [1.54, 1.807) is 7.11 Å². The van der Waals surface area contributed by atoms with Gasteiger partial charge in [-0.3, -0.25) is 0 Å². The van der Waals surface area contributed by atoms with Crippen LogP contribution >= 0.6 is 11.6 Å². The highest BCUT2D eigenvalue weighted by atomic mass is 35.5. The molecular weight excluding hydrogens is 286 g/mol. The molecule has 2 aliphatic rings. The minimum absolute atomic E-state index is 0.373. The standard InChI is InChI=1S/C17H24ClNO2/c1-20-8-6-19-12-17(4-2-5-17)11-14-10-15(18)9-13-3-7-21-16(13)14/h9-10,19H,2-8,11-12H2,1H3. The molecule has 1 heterocycles. The van der Waals surface area contributed by atoms with E-state index < -0.39 is 0 Å². The average molecular weight is 310 g/mol. The fourth-order valence-corrected chi connectivity index (χ4v) is 3.77. The fourth-order valence-electron chi connectivity index (χ4n) is 3.50. The van der Waals surface area contributed by atoms with Gasteiger partial charge in [0, 0.05) is 31.6 Å². The maximum atomic E-state index is 6.28. The minimum atomic E-state index is 0.373. The van der Waals surface area contributed by atoms with Crippen molar-refractivity contribution in [3.8, 4) is 5.75 Å². The summed E-state index contributed by atoms with van der Waals surface area (Å²) in [7, 11) is 1.74. The smallest absolute Gasteiger partial charge is 0.125 e. The summed E-state index contributed by atoms with van der Waals surface area (Å²) < 4.78 is 10.9. The van der Waals surface area contributed by atoms with E-state index in [0.717, 1.165) is 49.9 Å². The Morgan fingerprint density at radius 1 is 1.38 bits per heavy atom. The predicted molar refractivity (Wildman–Crippen MR) is 85.4 cm³/mol. The molecule has 1 saturated carbocycles. The number of halogens is 1. The third-order valence-electron chi connectivity index (χ3n) is 4.79. The summed E-state index contributed by atoms with van der Waals surface area (Å²) in [4.78, 5) is 0. The van der Waals surface area contributed by atoms with Crippen molar-refractivity contribution in [2.24, 2.45) is 5.41 Å². The molecule has 0 aromatic heterocycles. The Morgan fingerprint density at radius 2 is 2.24 bits per heavy atom. The van der Waals surface area contributed by atoms with Crippen LogP contribution in [0.15, 0.2) is 12.1 Å². The van der Waals surface area contributed by atoms with Gasteiger partial charge >= 0.3 is 0 Å². The van der Waals surface area contributed by atoms with Crippen LogP contribution in [0.5, 0.6) is 5.75 Å². The lowest BCUT2D eigenvalue weighted by molar-refractivity contribution is 0.122. The van der Waals surface area contributed by atoms with Crippen molar-refractivity contribution in [3.63, 3.8) is 0 Å². The molecule has 0 radical (unpaired) electrons. The highest BCUT2D eigenvalue weighted by Crippen LogP contribution is 2.46. The zero-order valence-corrected chi connectivity index (χ0v) is 13.5. The summed E-state index contributed by atoms with van der Waals surface area (Å²) in [5.41, 5.74) is 2.94. The van der Waals surface area contributed by atoms with Gasteiger partial charge in [0.2, 0.25) is 0 Å². The van der Waals surface area contributed by atoms with Gasteiger partial charge in [-0.05, 0) is 47.9 Å². The number of fused-ring (bicyclic) bond motifs is 1. The summed E-state index contributed by atoms with van der Waals surface area (Å²) in [6, 6.07) is 4.15. The summed E-state index contributed by atoms with van der Waals surface area (Å²) in [5.74, 6) is 1.10. The Bertz CT molecular complexity index is 500. The van der Waals surface area contributed by atoms with Gasteiger partial charge in [-0.15, -0.1) is 0 Å². The molecule has 0 atom stereocenters. The minimum Gasteiger partial charge on any atom is -0.493 e. The predicted octanol–water partition coefficient (Wildman–Crippen LogP) is 3.22. The number of benzene rings is 1. The summed E-state index contributed by atoms with van der Waals surface area (Å²) in [5, 5.41) is 4.38. The van der Waals surface area contributed by atoms with Gasteiger partial charge < -0.3 is 14.8 Å². The Morgan fingerprint density at radius 3 is 2.95 bits per heavy atom. The first-order valence-corrected chi connectivity index (χ1v) is 8.24. The zero-order valence-electron chi connectivity index (χ0n) is 12.7. The lowest BCUT2D eigenvalue weighted by atomic mass is 9.65. The molecule has 3 nitrogen and oxygen atoms in total. The summed E-state index contributed by atoms with van der Waals surface area (Å²) in [6.45, 7) is 3.54. The van der Waals surface area contributed by atoms with Crippen LogP contribution in [-0.4, -0.2) is 33.4 Å². The normalized spacial score (nSPS) is 19.0. The molecule has 1 aliphatic carbocycles. The van der Waals surface area contributed by atoms with Crippen LogP contribution in [0.4, 0.5) is 0 Å². The number of hydrogen-bond acceptors (Lipinski definition) is 3. The third-order valence-corrected chi connectivity index (χ3v) is 5.01. The second-order valence-corrected chi connectivity index (χ2v) is 6.79. The van der Waals surface area contributed by atoms with Crippen LogP contribution < -0.4 is 10.1 Å². The van der Waals surface area contributed by atoms with Crippen LogP contribution in [-0.2, 0) is 17.6 Å². The van der Waals surface area contributed by atoms with E-state index in [1.165, 1.54) is 30.4 Å². The molecule has 0 amide bonds. The maximum Gasteiger partial charge on any atom is 0.125 e. The van der Waals surface area contributed by atoms with Crippen LogP contribution in [0.3, 0.4) is 0 Å². The number of rotatable bonds is 7. The second kappa shape index (κ2) is 6.55. The maximum absolute atomic E-state index is 6.28. The van der Waals surface area contributed by atoms with Crippen LogP contribution in [0.2, 0.25) is 5.02 Å². The molecule has 1 aliphatic heterocycles. The van der Waals surface area contributed by atoms with Crippen LogP contribution in [0.25, 0.3) is 0 Å². The van der Waals surface area contributed by atoms with Crippen LogP contribution in [0, 0.1) is 5.41 Å². The molecule has 1 fully saturated rings. The van der Waals surface area contributed by atoms with E-state index in [2.05, 4.69) is 17.4 Å². The Hall–Kier alpha value is -0.770. The molecule has 3 rings (SSSR count). The van der Waals surface area contributed by atoms with Gasteiger partial charge in [-0.2, -0.15) is 0 Å². The third kappa shape index (κ3) is 3.36. The van der Waals surface area contributed by atoms with Gasteiger partial charge in [0.05, 0.1) is 13.2 Å². The zero-order chi connectivity index (χ0) is 14.7. The number of ether oxygens (including phenoxy) is 2. The SMILES string of the molecule is COCCNCC1(Cc2cc(Cl)cc3c2OCC3)CCC1. The van der Waals surface area contributed by atoms with Crippen molar-refractivity contribution in [1.29, 1.82) is 0 Å². The van der Waals surface area contributed by atoms with Crippen molar-refractivity contribution in [2.45, 2.75) is 32.1 Å². The number of nitrogens with one attached hydrogen (secondary N) is 1. The molecule has 0 bridgehead atoms. The molecule has 21 heavy (non-hydrogen) atoms. The second-order valence-electron chi connectivity index (χ2n) is 6.35. The molecule has 0 unspecified atom stereocenters. The Kier molecular flexibility index (Phi) is 4.72. The number of methoxy groups -OCH3 is 1. The summed E-state index contributed by atoms with van der Waals surface area (Å²) >= 11 is 6.28. The molecule has 1 aromatic rings. The van der Waals surface area contributed by atoms with E-state index in [4.69, 9.17) is 21.1 Å². The first-order chi connectivity index (χ1) is 10.2. The Balaban J connectivity index is 1.69. The van der Waals surface area contributed by atoms with E-state index in [9.17, 15) is 0 Å². The van der Waals surface area contributed by atoms with Gasteiger partial charge in [0.1, 0.15) is 5.75 Å². The van der Waals surface area contributed by atoms with Crippen LogP contribution in [0.1, 0.15) is 30.4 Å². The Labute approximate surface area is 132 Å². The van der Waals surface area contributed by atoms with Gasteiger partial charge in [-0.1, -0.05) is 18.0 Å². The lowest BCUT2D eigenvalue weighted by Gasteiger charge is -2.42. The average Bonchev–Trinajstić information content (AvgIpc) is 2.88. The highest BCUT2D eigenvalue weighted by molar-refractivity contribution is 6.30. The monoisotopic (exact) mass is 309 g/mol. The van der Waals surface area contributed by atoms with Gasteiger partial charge in [0.25, 0.3) is 0 Å². The lowest BCUT2D eigenvalue weighted by Crippen LogP contribution is -2.42. The van der Waals surface area contributed by atoms with E-state index in [-0.39, 0.29) is 0 Å². The number of hydrogen-bond donors (Lipinski definition) is 1. The first-order valence-electron chi connectivity index (χ1n) is 7.86. The van der Waals surface area contributed by atoms with Gasteiger partial charge in [-0.25, -0.2) is 0 Å². The summed E-state index contributed by atoms with van der Waals surface area (Å²) in [6.07, 6.45) is 5.95. The van der Waals surface area contributed by atoms with E-state index in [0.29, 0.717) is 5.41 Å². The fraction of sp³-hybridized carbons (Fsp3) is 0.647. The molecule has 4 heteroatoms. The molecule has 1 N–H and O–H groups in total. The molecule has 116 valence electrons. The first kappa shape index (κ1) is 15.1.